The first kappa shape index (κ1) is 14.5. The summed E-state index contributed by atoms with van der Waals surface area (Å²) in [5.74, 6) is 0.591. The second-order valence-electron chi connectivity index (χ2n) is 4.61. The lowest BCUT2D eigenvalue weighted by Gasteiger charge is -2.05. The summed E-state index contributed by atoms with van der Waals surface area (Å²) < 4.78 is 0. The van der Waals surface area contributed by atoms with Crippen LogP contribution in [0.2, 0.25) is 0 Å². The first-order valence-electron chi connectivity index (χ1n) is 6.80. The molecule has 3 nitrogen and oxygen atoms in total. The van der Waals surface area contributed by atoms with E-state index in [4.69, 9.17) is 11.6 Å². The molecule has 2 heterocycles. The predicted octanol–water partition coefficient (Wildman–Crippen LogP) is 4.19. The number of aromatic nitrogens is 2. The molecule has 0 aliphatic rings. The Morgan fingerprint density at radius 1 is 1.37 bits per heavy atom. The van der Waals surface area contributed by atoms with Gasteiger partial charge in [0.1, 0.15) is 10.7 Å². The van der Waals surface area contributed by atoms with E-state index in [2.05, 4.69) is 23.8 Å². The fourth-order valence-corrected chi connectivity index (χ4v) is 3.54. The van der Waals surface area contributed by atoms with Crippen molar-refractivity contribution in [3.8, 4) is 0 Å². The number of hydrogen-bond donors (Lipinski definition) is 1. The first-order valence-corrected chi connectivity index (χ1v) is 8.06. The molecular formula is C14H19ClN2OS. The van der Waals surface area contributed by atoms with Crippen LogP contribution in [0, 0.1) is 0 Å². The van der Waals surface area contributed by atoms with E-state index in [0.717, 1.165) is 35.9 Å². The SMILES string of the molecule is CCCc1c(CC)sc2nc(C(Cl)CC)[nH]c(=O)c12. The molecule has 19 heavy (non-hydrogen) atoms. The molecule has 2 aromatic rings. The van der Waals surface area contributed by atoms with Gasteiger partial charge in [-0.3, -0.25) is 4.79 Å². The molecule has 0 aromatic carbocycles. The van der Waals surface area contributed by atoms with Gasteiger partial charge in [0.25, 0.3) is 5.56 Å². The smallest absolute Gasteiger partial charge is 0.259 e. The zero-order valence-electron chi connectivity index (χ0n) is 11.5. The Labute approximate surface area is 122 Å². The third-order valence-electron chi connectivity index (χ3n) is 3.24. The number of aromatic amines is 1. The van der Waals surface area contributed by atoms with Gasteiger partial charge in [-0.2, -0.15) is 0 Å². The summed E-state index contributed by atoms with van der Waals surface area (Å²) in [5, 5.41) is 0.548. The van der Waals surface area contributed by atoms with Crippen molar-refractivity contribution in [2.45, 2.75) is 51.8 Å². The summed E-state index contributed by atoms with van der Waals surface area (Å²) in [7, 11) is 0. The molecular weight excluding hydrogens is 280 g/mol. The normalized spacial score (nSPS) is 13.1. The van der Waals surface area contributed by atoms with Crippen LogP contribution in [-0.2, 0) is 12.8 Å². The molecule has 0 saturated heterocycles. The highest BCUT2D eigenvalue weighted by atomic mass is 35.5. The summed E-state index contributed by atoms with van der Waals surface area (Å²) in [4.78, 5) is 21.8. The van der Waals surface area contributed by atoms with Crippen molar-refractivity contribution in [3.05, 3.63) is 26.6 Å². The topological polar surface area (TPSA) is 45.8 Å². The van der Waals surface area contributed by atoms with Crippen molar-refractivity contribution in [2.75, 3.05) is 0 Å². The van der Waals surface area contributed by atoms with Crippen LogP contribution in [-0.4, -0.2) is 9.97 Å². The minimum absolute atomic E-state index is 0.0431. The Hall–Kier alpha value is -0.870. The van der Waals surface area contributed by atoms with Crippen molar-refractivity contribution in [1.82, 2.24) is 9.97 Å². The molecule has 0 aliphatic carbocycles. The number of aryl methyl sites for hydroxylation is 2. The largest absolute Gasteiger partial charge is 0.309 e. The maximum atomic E-state index is 12.3. The highest BCUT2D eigenvalue weighted by molar-refractivity contribution is 7.18. The Morgan fingerprint density at radius 2 is 2.11 bits per heavy atom. The van der Waals surface area contributed by atoms with Crippen LogP contribution in [0.15, 0.2) is 4.79 Å². The van der Waals surface area contributed by atoms with Crippen molar-refractivity contribution < 1.29 is 0 Å². The number of thiophene rings is 1. The van der Waals surface area contributed by atoms with Crippen molar-refractivity contribution in [2.24, 2.45) is 0 Å². The number of fused-ring (bicyclic) bond motifs is 1. The molecule has 1 atom stereocenters. The molecule has 0 amide bonds. The summed E-state index contributed by atoms with van der Waals surface area (Å²) in [6, 6.07) is 0. The van der Waals surface area contributed by atoms with E-state index < -0.39 is 0 Å². The summed E-state index contributed by atoms with van der Waals surface area (Å²) in [6.07, 6.45) is 3.67. The summed E-state index contributed by atoms with van der Waals surface area (Å²) in [5.41, 5.74) is 1.13. The van der Waals surface area contributed by atoms with Gasteiger partial charge >= 0.3 is 0 Å². The molecule has 0 bridgehead atoms. The third kappa shape index (κ3) is 2.70. The molecule has 104 valence electrons. The van der Waals surface area contributed by atoms with Gasteiger partial charge in [0.2, 0.25) is 0 Å². The molecule has 1 unspecified atom stereocenters. The number of halogens is 1. The molecule has 0 saturated carbocycles. The lowest BCUT2D eigenvalue weighted by molar-refractivity contribution is 0.806. The van der Waals surface area contributed by atoms with Gasteiger partial charge in [0.15, 0.2) is 0 Å². The quantitative estimate of drug-likeness (QED) is 0.841. The van der Waals surface area contributed by atoms with Gasteiger partial charge in [0.05, 0.1) is 10.8 Å². The molecule has 0 spiro atoms. The second kappa shape index (κ2) is 6.06. The average molecular weight is 299 g/mol. The maximum absolute atomic E-state index is 12.3. The Morgan fingerprint density at radius 3 is 2.68 bits per heavy atom. The van der Waals surface area contributed by atoms with Gasteiger partial charge in [-0.15, -0.1) is 22.9 Å². The van der Waals surface area contributed by atoms with Crippen LogP contribution in [0.5, 0.6) is 0 Å². The predicted molar refractivity (Wildman–Crippen MR) is 82.5 cm³/mol. The molecule has 5 heteroatoms. The third-order valence-corrected chi connectivity index (χ3v) is 5.02. The zero-order chi connectivity index (χ0) is 14.0. The van der Waals surface area contributed by atoms with E-state index in [-0.39, 0.29) is 10.9 Å². The van der Waals surface area contributed by atoms with Gasteiger partial charge in [-0.05, 0) is 24.8 Å². The van der Waals surface area contributed by atoms with Gasteiger partial charge in [-0.1, -0.05) is 27.2 Å². The van der Waals surface area contributed by atoms with Crippen LogP contribution >= 0.6 is 22.9 Å². The van der Waals surface area contributed by atoms with Crippen LogP contribution in [0.4, 0.5) is 0 Å². The average Bonchev–Trinajstić information content (AvgIpc) is 2.76. The maximum Gasteiger partial charge on any atom is 0.259 e. The number of hydrogen-bond acceptors (Lipinski definition) is 3. The van der Waals surface area contributed by atoms with Crippen molar-refractivity contribution in [1.29, 1.82) is 0 Å². The molecule has 0 aliphatic heterocycles. The lowest BCUT2D eigenvalue weighted by atomic mass is 10.1. The minimum Gasteiger partial charge on any atom is -0.309 e. The van der Waals surface area contributed by atoms with E-state index in [1.165, 1.54) is 10.4 Å². The number of rotatable bonds is 5. The van der Waals surface area contributed by atoms with E-state index in [9.17, 15) is 4.79 Å². The van der Waals surface area contributed by atoms with E-state index >= 15 is 0 Å². The minimum atomic E-state index is -0.223. The first-order chi connectivity index (χ1) is 9.12. The molecule has 2 rings (SSSR count). The van der Waals surface area contributed by atoms with Gasteiger partial charge < -0.3 is 4.98 Å². The molecule has 0 radical (unpaired) electrons. The Balaban J connectivity index is 2.67. The number of nitrogens with zero attached hydrogens (tertiary/aromatic N) is 1. The van der Waals surface area contributed by atoms with Gasteiger partial charge in [-0.25, -0.2) is 4.98 Å². The summed E-state index contributed by atoms with van der Waals surface area (Å²) >= 11 is 7.81. The van der Waals surface area contributed by atoms with Crippen molar-refractivity contribution in [3.63, 3.8) is 0 Å². The van der Waals surface area contributed by atoms with Crippen LogP contribution in [0.25, 0.3) is 10.2 Å². The number of nitrogens with one attached hydrogen (secondary N) is 1. The fraction of sp³-hybridized carbons (Fsp3) is 0.571. The Kier molecular flexibility index (Phi) is 4.63. The van der Waals surface area contributed by atoms with Crippen LogP contribution in [0.1, 0.15) is 55.3 Å². The monoisotopic (exact) mass is 298 g/mol. The van der Waals surface area contributed by atoms with E-state index in [0.29, 0.717) is 5.82 Å². The fourth-order valence-electron chi connectivity index (χ4n) is 2.27. The molecule has 2 aromatic heterocycles. The zero-order valence-corrected chi connectivity index (χ0v) is 13.1. The number of alkyl halides is 1. The van der Waals surface area contributed by atoms with Crippen LogP contribution in [0.3, 0.4) is 0 Å². The Bertz CT molecular complexity index is 632. The highest BCUT2D eigenvalue weighted by Gasteiger charge is 2.17. The highest BCUT2D eigenvalue weighted by Crippen LogP contribution is 2.30. The van der Waals surface area contributed by atoms with E-state index in [1.807, 2.05) is 6.92 Å². The lowest BCUT2D eigenvalue weighted by Crippen LogP contribution is -2.13. The van der Waals surface area contributed by atoms with Crippen molar-refractivity contribution >= 4 is 33.2 Å². The van der Waals surface area contributed by atoms with E-state index in [1.54, 1.807) is 11.3 Å². The standard InChI is InChI=1S/C14H19ClN2OS/c1-4-7-8-10(6-3)19-14-11(8)13(18)16-12(17-14)9(15)5-2/h9H,4-7H2,1-3H3,(H,16,17,18). The summed E-state index contributed by atoms with van der Waals surface area (Å²) in [6.45, 7) is 6.23. The van der Waals surface area contributed by atoms with Crippen LogP contribution < -0.4 is 5.56 Å². The van der Waals surface area contributed by atoms with Gasteiger partial charge in [0, 0.05) is 4.88 Å². The number of H-pyrrole nitrogens is 1. The molecule has 0 fully saturated rings. The molecule has 1 N–H and O–H groups in total. The second-order valence-corrected chi connectivity index (χ2v) is 6.22.